The fourth-order valence-electron chi connectivity index (χ4n) is 6.31. The lowest BCUT2D eigenvalue weighted by Gasteiger charge is -2.34. The number of hydrogen-bond donors (Lipinski definition) is 6. The van der Waals surface area contributed by atoms with Crippen molar-refractivity contribution in [1.82, 2.24) is 34.6 Å². The van der Waals surface area contributed by atoms with Gasteiger partial charge in [-0.15, -0.1) is 0 Å². The maximum absolute atomic E-state index is 12.8. The first-order valence-electron chi connectivity index (χ1n) is 17.2. The smallest absolute Gasteiger partial charge is 0.280 e. The molecular formula is C34H42ClN11O7. The molecule has 4 heterocycles. The van der Waals surface area contributed by atoms with Gasteiger partial charge in [0.15, 0.2) is 11.2 Å². The van der Waals surface area contributed by atoms with Crippen molar-refractivity contribution in [2.24, 2.45) is 0 Å². The van der Waals surface area contributed by atoms with E-state index in [0.717, 1.165) is 5.56 Å². The fraction of sp³-hybridized carbons (Fsp3) is 0.441. The number of carbonyl (C=O) groups excluding carboxylic acids is 2. The number of piperazine rings is 1. The van der Waals surface area contributed by atoms with E-state index in [1.54, 1.807) is 28.7 Å². The van der Waals surface area contributed by atoms with Gasteiger partial charge in [0.25, 0.3) is 16.4 Å². The number of rotatable bonds is 15. The molecule has 2 fully saturated rings. The lowest BCUT2D eigenvalue weighted by molar-refractivity contribution is -0.130. The van der Waals surface area contributed by atoms with Crippen LogP contribution in [0.25, 0.3) is 11.2 Å². The van der Waals surface area contributed by atoms with Gasteiger partial charge in [0, 0.05) is 69.5 Å². The molecule has 2 aromatic carbocycles. The van der Waals surface area contributed by atoms with Gasteiger partial charge in [-0.05, 0) is 31.4 Å². The molecule has 0 radical (unpaired) electrons. The summed E-state index contributed by atoms with van der Waals surface area (Å²) >= 11 is 6.17. The summed E-state index contributed by atoms with van der Waals surface area (Å²) in [5, 5.41) is 12.5. The Morgan fingerprint density at radius 3 is 2.58 bits per heavy atom. The molecule has 18 nitrogen and oxygen atoms in total. The highest BCUT2D eigenvalue weighted by atomic mass is 35.5. The molecule has 0 saturated carbocycles. The van der Waals surface area contributed by atoms with Crippen LogP contribution in [0.15, 0.2) is 45.0 Å². The van der Waals surface area contributed by atoms with Crippen molar-refractivity contribution in [3.05, 3.63) is 72.0 Å². The summed E-state index contributed by atoms with van der Waals surface area (Å²) in [6.07, 6.45) is 5.29. The van der Waals surface area contributed by atoms with Gasteiger partial charge in [0.1, 0.15) is 23.4 Å². The number of nitrogens with two attached hydrogens (primary N) is 1. The predicted molar refractivity (Wildman–Crippen MR) is 200 cm³/mol. The quantitative estimate of drug-likeness (QED) is 0.0549. The molecule has 4 aromatic rings. The molecule has 0 aliphatic carbocycles. The Balaban J connectivity index is 0.865. The van der Waals surface area contributed by atoms with Crippen LogP contribution in [0.1, 0.15) is 24.6 Å². The summed E-state index contributed by atoms with van der Waals surface area (Å²) in [7, 11) is 1.55. The van der Waals surface area contributed by atoms with E-state index >= 15 is 0 Å². The van der Waals surface area contributed by atoms with Crippen molar-refractivity contribution in [3.8, 4) is 5.75 Å². The summed E-state index contributed by atoms with van der Waals surface area (Å²) in [4.78, 5) is 76.4. The molecule has 2 aliphatic rings. The number of imidazole rings is 1. The van der Waals surface area contributed by atoms with Crippen LogP contribution in [0.4, 0.5) is 23.0 Å². The summed E-state index contributed by atoms with van der Waals surface area (Å²) in [6, 6.07) is 3.57. The minimum Gasteiger partial charge on any atom is -0.495 e. The third-order valence-electron chi connectivity index (χ3n) is 9.26. The minimum absolute atomic E-state index is 0.0175. The van der Waals surface area contributed by atoms with Crippen molar-refractivity contribution >= 4 is 57.6 Å². The van der Waals surface area contributed by atoms with Crippen LogP contribution in [-0.4, -0.2) is 113 Å². The molecule has 282 valence electrons. The lowest BCUT2D eigenvalue weighted by atomic mass is 10.1. The molecule has 53 heavy (non-hydrogen) atoms. The van der Waals surface area contributed by atoms with Crippen LogP contribution >= 0.6 is 11.6 Å². The van der Waals surface area contributed by atoms with Gasteiger partial charge in [0.2, 0.25) is 17.8 Å². The van der Waals surface area contributed by atoms with Crippen molar-refractivity contribution in [2.75, 3.05) is 87.7 Å². The van der Waals surface area contributed by atoms with Crippen molar-refractivity contribution in [1.29, 1.82) is 0 Å². The number of ether oxygens (including phenoxy) is 2. The Hall–Kier alpha value is -5.46. The molecular weight excluding hydrogens is 710 g/mol. The average Bonchev–Trinajstić information content (AvgIpc) is 3.80. The fourth-order valence-corrected chi connectivity index (χ4v) is 6.47. The van der Waals surface area contributed by atoms with Gasteiger partial charge in [-0.3, -0.25) is 38.4 Å². The predicted octanol–water partition coefficient (Wildman–Crippen LogP) is 0.399. The number of nitrogens with one attached hydrogen (secondary N) is 5. The summed E-state index contributed by atoms with van der Waals surface area (Å²) in [6.45, 7) is 5.82. The highest BCUT2D eigenvalue weighted by Crippen LogP contribution is 2.32. The Kier molecular flexibility index (Phi) is 11.6. The molecule has 2 amide bonds. The van der Waals surface area contributed by atoms with Crippen molar-refractivity contribution in [2.45, 2.75) is 32.1 Å². The van der Waals surface area contributed by atoms with Crippen molar-refractivity contribution < 1.29 is 19.1 Å². The van der Waals surface area contributed by atoms with Gasteiger partial charge < -0.3 is 41.4 Å². The Morgan fingerprint density at radius 1 is 1.08 bits per heavy atom. The largest absolute Gasteiger partial charge is 0.495 e. The van der Waals surface area contributed by atoms with Crippen LogP contribution < -0.4 is 48.2 Å². The number of aromatic amines is 1. The van der Waals surface area contributed by atoms with Gasteiger partial charge in [-0.25, -0.2) is 4.98 Å². The first-order chi connectivity index (χ1) is 25.5. The summed E-state index contributed by atoms with van der Waals surface area (Å²) < 4.78 is 13.1. The molecule has 19 heteroatoms. The molecule has 7 N–H and O–H groups in total. The van der Waals surface area contributed by atoms with E-state index < -0.39 is 22.6 Å². The number of methoxy groups -OCH3 is 1. The monoisotopic (exact) mass is 751 g/mol. The molecule has 0 unspecified atom stereocenters. The first kappa shape index (κ1) is 37.3. The average molecular weight is 752 g/mol. The number of aromatic nitrogens is 4. The zero-order valence-electron chi connectivity index (χ0n) is 29.4. The first-order valence-corrected chi connectivity index (χ1v) is 17.6. The SMILES string of the molecule is COc1cc(Cl)c(C)cc1NCC(=O)N1CCN(C/C=C/C(=O)NCCNc2c(NC[C@@H]3CC[C@H](n4cnc5c(=O)[nH]c(N)nc54)O3)c(=O)c2=O)CC1. The molecule has 6 rings (SSSR count). The minimum atomic E-state index is -0.627. The van der Waals surface area contributed by atoms with Crippen LogP contribution in [0.5, 0.6) is 5.75 Å². The maximum Gasteiger partial charge on any atom is 0.280 e. The summed E-state index contributed by atoms with van der Waals surface area (Å²) in [5.41, 5.74) is 6.43. The van der Waals surface area contributed by atoms with Crippen LogP contribution in [0, 0.1) is 6.92 Å². The van der Waals surface area contributed by atoms with Crippen LogP contribution in [-0.2, 0) is 14.3 Å². The van der Waals surface area contributed by atoms with Crippen molar-refractivity contribution in [3.63, 3.8) is 0 Å². The second-order valence-corrected chi connectivity index (χ2v) is 13.2. The normalized spacial score (nSPS) is 17.8. The Morgan fingerprint density at radius 2 is 1.83 bits per heavy atom. The number of fused-ring (bicyclic) bond motifs is 1. The van der Waals surface area contributed by atoms with Crippen LogP contribution in [0.2, 0.25) is 5.02 Å². The second kappa shape index (κ2) is 16.5. The van der Waals surface area contributed by atoms with E-state index in [0.29, 0.717) is 67.7 Å². The van der Waals surface area contributed by atoms with E-state index in [1.807, 2.05) is 13.0 Å². The number of nitrogens with zero attached hydrogens (tertiary/aromatic N) is 5. The van der Waals surface area contributed by atoms with Gasteiger partial charge in [-0.1, -0.05) is 17.7 Å². The van der Waals surface area contributed by atoms with Gasteiger partial charge in [-0.2, -0.15) is 4.98 Å². The van der Waals surface area contributed by atoms with E-state index in [2.05, 4.69) is 41.1 Å². The lowest BCUT2D eigenvalue weighted by Crippen LogP contribution is -2.50. The number of H-pyrrole nitrogens is 1. The number of aryl methyl sites for hydroxylation is 1. The number of nitrogen functional groups attached to an aromatic ring is 1. The molecule has 0 spiro atoms. The van der Waals surface area contributed by atoms with E-state index in [4.69, 9.17) is 26.8 Å². The number of hydrogen-bond acceptors (Lipinski definition) is 14. The highest BCUT2D eigenvalue weighted by Gasteiger charge is 2.30. The number of halogens is 1. The zero-order chi connectivity index (χ0) is 37.6. The van der Waals surface area contributed by atoms with E-state index in [-0.39, 0.29) is 66.9 Å². The molecule has 2 saturated heterocycles. The number of carbonyl (C=O) groups is 2. The number of benzene rings is 1. The third-order valence-corrected chi connectivity index (χ3v) is 9.66. The third kappa shape index (κ3) is 8.61. The maximum atomic E-state index is 12.8. The molecule has 0 bridgehead atoms. The Labute approximate surface area is 308 Å². The van der Waals surface area contributed by atoms with E-state index in [1.165, 1.54) is 12.4 Å². The topological polar surface area (TPSA) is 231 Å². The number of amides is 2. The molecule has 2 aromatic heterocycles. The van der Waals surface area contributed by atoms with Crippen LogP contribution in [0.3, 0.4) is 0 Å². The van der Waals surface area contributed by atoms with Gasteiger partial charge >= 0.3 is 0 Å². The molecule has 2 aliphatic heterocycles. The van der Waals surface area contributed by atoms with Gasteiger partial charge in [0.05, 0.1) is 31.8 Å². The Bertz CT molecular complexity index is 2130. The second-order valence-electron chi connectivity index (χ2n) is 12.8. The highest BCUT2D eigenvalue weighted by molar-refractivity contribution is 6.31. The standard InChI is InChI=1S/C34H42ClN11O7/c1-19-14-22(23(52-2)15-21(19)35)39-17-25(48)45-12-10-44(11-13-45)9-3-4-24(47)37-7-8-38-27-28(31(50)30(27)49)40-16-20-5-6-26(53-20)46-18-41-29-32(46)42-34(36)43-33(29)51/h3-4,14-15,18,20,26,38-40H,5-13,16-17H2,1-2H3,(H,37,47)(H3,36,42,43,51)/b4-3+/t20-,26+/m0/s1. The zero-order valence-corrected chi connectivity index (χ0v) is 30.1. The number of anilines is 4. The summed E-state index contributed by atoms with van der Waals surface area (Å²) in [5.74, 6) is 0.246. The molecule has 2 atom stereocenters. The van der Waals surface area contributed by atoms with E-state index in [9.17, 15) is 24.0 Å².